The Morgan fingerprint density at radius 2 is 1.88 bits per heavy atom. The lowest BCUT2D eigenvalue weighted by molar-refractivity contribution is -0.139. The van der Waals surface area contributed by atoms with Gasteiger partial charge in [-0.25, -0.2) is 9.78 Å². The summed E-state index contributed by atoms with van der Waals surface area (Å²) in [6, 6.07) is 7.15. The van der Waals surface area contributed by atoms with Crippen LogP contribution in [-0.2, 0) is 4.79 Å². The van der Waals surface area contributed by atoms with Gasteiger partial charge in [0.15, 0.2) is 12.4 Å². The zero-order valence-corrected chi connectivity index (χ0v) is 14.7. The molecule has 1 heterocycles. The number of carbonyl (C=O) groups excluding carboxylic acids is 1. The molecular weight excluding hydrogens is 308 g/mol. The van der Waals surface area contributed by atoms with Crippen molar-refractivity contribution in [2.75, 3.05) is 6.61 Å². The van der Waals surface area contributed by atoms with Gasteiger partial charge in [-0.1, -0.05) is 32.0 Å². The standard InChI is InChI=1S/C16H18N2O4.C2H6/c1-9(2)17-16(21)14-11-6-4-5-7-12(11)18-10(3)15(14)22-8-13(19)20;1-2/h4-7,9H,8H2,1-3H3,(H,17,21)(H,19,20);1-2H3. The summed E-state index contributed by atoms with van der Waals surface area (Å²) in [6.45, 7) is 8.87. The fraction of sp³-hybridized carbons (Fsp3) is 0.389. The topological polar surface area (TPSA) is 88.5 Å². The fourth-order valence-electron chi connectivity index (χ4n) is 2.19. The van der Waals surface area contributed by atoms with E-state index in [0.29, 0.717) is 22.2 Å². The number of aliphatic carboxylic acids is 1. The van der Waals surface area contributed by atoms with Crippen molar-refractivity contribution >= 4 is 22.8 Å². The lowest BCUT2D eigenvalue weighted by Crippen LogP contribution is -2.31. The molecule has 0 saturated carbocycles. The molecule has 2 rings (SSSR count). The molecule has 0 aliphatic rings. The van der Waals surface area contributed by atoms with Crippen molar-refractivity contribution in [1.29, 1.82) is 0 Å². The number of pyridine rings is 1. The zero-order chi connectivity index (χ0) is 18.3. The van der Waals surface area contributed by atoms with Gasteiger partial charge in [-0.15, -0.1) is 0 Å². The first-order valence-corrected chi connectivity index (χ1v) is 7.95. The second-order valence-corrected chi connectivity index (χ2v) is 5.23. The van der Waals surface area contributed by atoms with Crippen molar-refractivity contribution in [3.05, 3.63) is 35.5 Å². The summed E-state index contributed by atoms with van der Waals surface area (Å²) in [5.41, 5.74) is 1.46. The number of amides is 1. The van der Waals surface area contributed by atoms with Crippen LogP contribution < -0.4 is 10.1 Å². The lowest BCUT2D eigenvalue weighted by Gasteiger charge is -2.16. The van der Waals surface area contributed by atoms with Crippen molar-refractivity contribution in [2.24, 2.45) is 0 Å². The van der Waals surface area contributed by atoms with E-state index in [-0.39, 0.29) is 17.7 Å². The average Bonchev–Trinajstić information content (AvgIpc) is 2.53. The number of nitrogens with one attached hydrogen (secondary N) is 1. The molecule has 0 radical (unpaired) electrons. The van der Waals surface area contributed by atoms with E-state index in [4.69, 9.17) is 9.84 Å². The van der Waals surface area contributed by atoms with Crippen LogP contribution in [0.15, 0.2) is 24.3 Å². The third kappa shape index (κ3) is 4.68. The van der Waals surface area contributed by atoms with E-state index < -0.39 is 12.6 Å². The molecular formula is C18H24N2O4. The maximum atomic E-state index is 12.5. The van der Waals surface area contributed by atoms with E-state index in [1.807, 2.05) is 33.8 Å². The van der Waals surface area contributed by atoms with Gasteiger partial charge in [0.2, 0.25) is 0 Å². The second kappa shape index (κ2) is 8.86. The van der Waals surface area contributed by atoms with Gasteiger partial charge < -0.3 is 15.2 Å². The zero-order valence-electron chi connectivity index (χ0n) is 14.7. The van der Waals surface area contributed by atoms with Crippen LogP contribution in [0.1, 0.15) is 43.7 Å². The highest BCUT2D eigenvalue weighted by Gasteiger charge is 2.21. The number of para-hydroxylation sites is 1. The number of nitrogens with zero attached hydrogens (tertiary/aromatic N) is 1. The van der Waals surface area contributed by atoms with Crippen LogP contribution in [0.2, 0.25) is 0 Å². The number of fused-ring (bicyclic) bond motifs is 1. The fourth-order valence-corrected chi connectivity index (χ4v) is 2.19. The molecule has 0 fully saturated rings. The third-order valence-corrected chi connectivity index (χ3v) is 3.00. The molecule has 0 spiro atoms. The van der Waals surface area contributed by atoms with E-state index in [1.165, 1.54) is 0 Å². The maximum Gasteiger partial charge on any atom is 0.341 e. The van der Waals surface area contributed by atoms with Crippen LogP contribution in [0.4, 0.5) is 0 Å². The molecule has 0 saturated heterocycles. The monoisotopic (exact) mass is 332 g/mol. The van der Waals surface area contributed by atoms with Gasteiger partial charge in [0.1, 0.15) is 0 Å². The Kier molecular flexibility index (Phi) is 7.17. The Hall–Kier alpha value is -2.63. The van der Waals surface area contributed by atoms with Crippen molar-refractivity contribution in [3.8, 4) is 5.75 Å². The summed E-state index contributed by atoms with van der Waals surface area (Å²) < 4.78 is 5.32. The summed E-state index contributed by atoms with van der Waals surface area (Å²) in [6.07, 6.45) is 0. The van der Waals surface area contributed by atoms with Crippen molar-refractivity contribution in [1.82, 2.24) is 10.3 Å². The smallest absolute Gasteiger partial charge is 0.341 e. The van der Waals surface area contributed by atoms with E-state index in [2.05, 4.69) is 10.3 Å². The number of hydrogen-bond donors (Lipinski definition) is 2. The van der Waals surface area contributed by atoms with Gasteiger partial charge in [0.25, 0.3) is 5.91 Å². The Balaban J connectivity index is 0.00000139. The molecule has 0 aliphatic heterocycles. The minimum atomic E-state index is -1.11. The van der Waals surface area contributed by atoms with E-state index in [1.54, 1.807) is 25.1 Å². The van der Waals surface area contributed by atoms with Gasteiger partial charge >= 0.3 is 5.97 Å². The molecule has 0 bridgehead atoms. The first-order valence-electron chi connectivity index (χ1n) is 7.95. The largest absolute Gasteiger partial charge is 0.479 e. The number of rotatable bonds is 5. The first-order chi connectivity index (χ1) is 11.4. The number of carboxylic acids is 1. The van der Waals surface area contributed by atoms with Gasteiger partial charge in [0, 0.05) is 11.4 Å². The molecule has 0 aliphatic carbocycles. The second-order valence-electron chi connectivity index (χ2n) is 5.23. The molecule has 6 heteroatoms. The lowest BCUT2D eigenvalue weighted by atomic mass is 10.1. The number of benzene rings is 1. The number of aryl methyl sites for hydroxylation is 1. The normalized spacial score (nSPS) is 10.1. The summed E-state index contributed by atoms with van der Waals surface area (Å²) in [5, 5.41) is 12.3. The molecule has 130 valence electrons. The quantitative estimate of drug-likeness (QED) is 0.878. The number of ether oxygens (including phenoxy) is 1. The molecule has 24 heavy (non-hydrogen) atoms. The maximum absolute atomic E-state index is 12.5. The highest BCUT2D eigenvalue weighted by Crippen LogP contribution is 2.29. The van der Waals surface area contributed by atoms with E-state index in [0.717, 1.165) is 0 Å². The Morgan fingerprint density at radius 3 is 2.46 bits per heavy atom. The summed E-state index contributed by atoms with van der Waals surface area (Å²) in [4.78, 5) is 27.7. The van der Waals surface area contributed by atoms with Gasteiger partial charge in [-0.3, -0.25) is 4.79 Å². The summed E-state index contributed by atoms with van der Waals surface area (Å²) in [5.74, 6) is -1.21. The van der Waals surface area contributed by atoms with Crippen molar-refractivity contribution in [2.45, 2.75) is 40.7 Å². The number of carboxylic acid groups (broad SMARTS) is 1. The molecule has 1 aromatic carbocycles. The molecule has 1 aromatic heterocycles. The average molecular weight is 332 g/mol. The SMILES string of the molecule is CC.Cc1nc2ccccc2c(C(=O)NC(C)C)c1OCC(=O)O. The van der Waals surface area contributed by atoms with Gasteiger partial charge in [0.05, 0.1) is 16.8 Å². The highest BCUT2D eigenvalue weighted by atomic mass is 16.5. The minimum Gasteiger partial charge on any atom is -0.479 e. The molecule has 0 atom stereocenters. The van der Waals surface area contributed by atoms with Crippen molar-refractivity contribution in [3.63, 3.8) is 0 Å². The van der Waals surface area contributed by atoms with Crippen LogP contribution in [0.3, 0.4) is 0 Å². The van der Waals surface area contributed by atoms with Crippen LogP contribution >= 0.6 is 0 Å². The first kappa shape index (κ1) is 19.4. The predicted molar refractivity (Wildman–Crippen MR) is 93.6 cm³/mol. The Labute approximate surface area is 141 Å². The Morgan fingerprint density at radius 1 is 1.25 bits per heavy atom. The Bertz CT molecular complexity index is 726. The van der Waals surface area contributed by atoms with Crippen molar-refractivity contribution < 1.29 is 19.4 Å². The molecule has 6 nitrogen and oxygen atoms in total. The third-order valence-electron chi connectivity index (χ3n) is 3.00. The number of hydrogen-bond acceptors (Lipinski definition) is 4. The predicted octanol–water partition coefficient (Wildman–Crippen LogP) is 3.17. The van der Waals surface area contributed by atoms with Crippen LogP contribution in [-0.4, -0.2) is 34.6 Å². The number of aromatic nitrogens is 1. The van der Waals surface area contributed by atoms with E-state index >= 15 is 0 Å². The highest BCUT2D eigenvalue weighted by molar-refractivity contribution is 6.09. The molecule has 2 aromatic rings. The molecule has 0 unspecified atom stereocenters. The number of carbonyl (C=O) groups is 2. The van der Waals surface area contributed by atoms with Crippen LogP contribution in [0.5, 0.6) is 5.75 Å². The summed E-state index contributed by atoms with van der Waals surface area (Å²) >= 11 is 0. The minimum absolute atomic E-state index is 0.0490. The van der Waals surface area contributed by atoms with E-state index in [9.17, 15) is 9.59 Å². The van der Waals surface area contributed by atoms with Gasteiger partial charge in [-0.2, -0.15) is 0 Å². The van der Waals surface area contributed by atoms with Gasteiger partial charge in [-0.05, 0) is 26.8 Å². The van der Waals surface area contributed by atoms with Crippen LogP contribution in [0, 0.1) is 6.92 Å². The molecule has 1 amide bonds. The molecule has 2 N–H and O–H groups in total. The summed E-state index contributed by atoms with van der Waals surface area (Å²) in [7, 11) is 0. The van der Waals surface area contributed by atoms with Crippen LogP contribution in [0.25, 0.3) is 10.9 Å².